The van der Waals surface area contributed by atoms with Gasteiger partial charge in [0.1, 0.15) is 0 Å². The maximum atomic E-state index is 12.4. The van der Waals surface area contributed by atoms with Gasteiger partial charge in [0.05, 0.1) is 12.2 Å². The van der Waals surface area contributed by atoms with Crippen LogP contribution in [0.3, 0.4) is 0 Å². The molecule has 2 heterocycles. The fourth-order valence-electron chi connectivity index (χ4n) is 2.43. The summed E-state index contributed by atoms with van der Waals surface area (Å²) in [5.74, 6) is -0.324. The van der Waals surface area contributed by atoms with Crippen LogP contribution in [0, 0.1) is 0 Å². The second kappa shape index (κ2) is 6.83. The average molecular weight is 304 g/mol. The lowest BCUT2D eigenvalue weighted by Gasteiger charge is -2.11. The number of rotatable bonds is 4. The number of hydrogen-bond acceptors (Lipinski definition) is 4. The molecule has 114 valence electrons. The second-order valence-electron chi connectivity index (χ2n) is 4.95. The number of pyridine rings is 2. The van der Waals surface area contributed by atoms with Crippen LogP contribution in [0.5, 0.6) is 0 Å². The Kier molecular flexibility index (Phi) is 4.43. The molecule has 0 unspecified atom stereocenters. The third kappa shape index (κ3) is 3.26. The van der Waals surface area contributed by atoms with Gasteiger partial charge >= 0.3 is 5.97 Å². The Hall–Kier alpha value is -3.01. The average Bonchev–Trinajstić information content (AvgIpc) is 2.63. The molecule has 0 saturated heterocycles. The van der Waals surface area contributed by atoms with E-state index in [0.717, 1.165) is 22.3 Å². The highest BCUT2D eigenvalue weighted by Gasteiger charge is 2.15. The molecular weight excluding hydrogens is 288 g/mol. The van der Waals surface area contributed by atoms with E-state index in [4.69, 9.17) is 4.74 Å². The zero-order valence-electron chi connectivity index (χ0n) is 12.8. The van der Waals surface area contributed by atoms with Gasteiger partial charge in [-0.25, -0.2) is 4.79 Å². The molecule has 4 nitrogen and oxygen atoms in total. The van der Waals surface area contributed by atoms with Crippen LogP contribution < -0.4 is 0 Å². The number of hydrogen-bond donors (Lipinski definition) is 0. The second-order valence-corrected chi connectivity index (χ2v) is 4.95. The summed E-state index contributed by atoms with van der Waals surface area (Å²) in [6.07, 6.45) is 6.88. The number of esters is 1. The van der Waals surface area contributed by atoms with E-state index in [2.05, 4.69) is 9.97 Å². The highest BCUT2D eigenvalue weighted by atomic mass is 16.5. The minimum Gasteiger partial charge on any atom is -0.462 e. The maximum Gasteiger partial charge on any atom is 0.338 e. The monoisotopic (exact) mass is 304 g/mol. The van der Waals surface area contributed by atoms with Crippen molar-refractivity contribution in [2.45, 2.75) is 6.92 Å². The van der Waals surface area contributed by atoms with Crippen molar-refractivity contribution in [1.29, 1.82) is 0 Å². The van der Waals surface area contributed by atoms with Gasteiger partial charge in [0.2, 0.25) is 0 Å². The number of carbonyl (C=O) groups is 1. The number of nitrogens with zero attached hydrogens (tertiary/aromatic N) is 2. The predicted molar refractivity (Wildman–Crippen MR) is 88.9 cm³/mol. The summed E-state index contributed by atoms with van der Waals surface area (Å²) < 4.78 is 5.21. The topological polar surface area (TPSA) is 52.1 Å². The van der Waals surface area contributed by atoms with Crippen molar-refractivity contribution < 1.29 is 9.53 Å². The lowest BCUT2D eigenvalue weighted by atomic mass is 9.96. The Labute approximate surface area is 134 Å². The zero-order valence-corrected chi connectivity index (χ0v) is 12.8. The smallest absolute Gasteiger partial charge is 0.338 e. The molecule has 0 aliphatic rings. The Bertz CT molecular complexity index is 802. The molecule has 0 amide bonds. The van der Waals surface area contributed by atoms with Crippen molar-refractivity contribution in [1.82, 2.24) is 9.97 Å². The van der Waals surface area contributed by atoms with Crippen LogP contribution in [0.2, 0.25) is 0 Å². The van der Waals surface area contributed by atoms with Gasteiger partial charge in [-0.2, -0.15) is 0 Å². The Morgan fingerprint density at radius 2 is 1.48 bits per heavy atom. The summed E-state index contributed by atoms with van der Waals surface area (Å²) in [6, 6.07) is 13.4. The fourth-order valence-corrected chi connectivity index (χ4v) is 2.43. The molecule has 3 rings (SSSR count). The van der Waals surface area contributed by atoms with Crippen molar-refractivity contribution in [2.75, 3.05) is 6.61 Å². The van der Waals surface area contributed by atoms with E-state index in [9.17, 15) is 4.79 Å². The molecule has 0 bridgehead atoms. The Morgan fingerprint density at radius 3 is 2.09 bits per heavy atom. The first-order valence-electron chi connectivity index (χ1n) is 7.41. The largest absolute Gasteiger partial charge is 0.462 e. The van der Waals surface area contributed by atoms with Crippen molar-refractivity contribution >= 4 is 5.97 Å². The van der Waals surface area contributed by atoms with Crippen LogP contribution >= 0.6 is 0 Å². The molecule has 0 N–H and O–H groups in total. The van der Waals surface area contributed by atoms with Crippen LogP contribution in [0.1, 0.15) is 17.3 Å². The first kappa shape index (κ1) is 14.9. The summed E-state index contributed by atoms with van der Waals surface area (Å²) >= 11 is 0. The molecule has 0 saturated carbocycles. The molecule has 23 heavy (non-hydrogen) atoms. The molecule has 0 fully saturated rings. The molecule has 0 aliphatic carbocycles. The number of ether oxygens (including phenoxy) is 1. The standard InChI is InChI=1S/C19H16N2O2/c1-2-23-19(22)18-13-16(14-5-9-20-10-6-14)3-4-17(18)15-7-11-21-12-8-15/h3-13H,2H2,1H3. The van der Waals surface area contributed by atoms with Crippen LogP contribution in [0.15, 0.2) is 67.3 Å². The van der Waals surface area contributed by atoms with Gasteiger partial charge in [0.25, 0.3) is 0 Å². The van der Waals surface area contributed by atoms with E-state index in [1.54, 1.807) is 31.7 Å². The van der Waals surface area contributed by atoms with Crippen LogP contribution in [-0.4, -0.2) is 22.5 Å². The fraction of sp³-hybridized carbons (Fsp3) is 0.105. The molecular formula is C19H16N2O2. The van der Waals surface area contributed by atoms with Gasteiger partial charge in [0.15, 0.2) is 0 Å². The summed E-state index contributed by atoms with van der Waals surface area (Å²) in [4.78, 5) is 20.4. The highest BCUT2D eigenvalue weighted by Crippen LogP contribution is 2.29. The SMILES string of the molecule is CCOC(=O)c1cc(-c2ccncc2)ccc1-c1ccncc1. The van der Waals surface area contributed by atoms with Gasteiger partial charge in [-0.1, -0.05) is 12.1 Å². The molecule has 4 heteroatoms. The molecule has 2 aromatic heterocycles. The van der Waals surface area contributed by atoms with E-state index in [1.807, 2.05) is 42.5 Å². The molecule has 3 aromatic rings. The van der Waals surface area contributed by atoms with E-state index in [1.165, 1.54) is 0 Å². The van der Waals surface area contributed by atoms with Crippen LogP contribution in [-0.2, 0) is 4.74 Å². The predicted octanol–water partition coefficient (Wildman–Crippen LogP) is 3.99. The molecule has 0 radical (unpaired) electrons. The normalized spacial score (nSPS) is 10.3. The van der Waals surface area contributed by atoms with Crippen molar-refractivity contribution in [3.63, 3.8) is 0 Å². The third-order valence-electron chi connectivity index (χ3n) is 3.52. The number of benzene rings is 1. The molecule has 0 atom stereocenters. The third-order valence-corrected chi connectivity index (χ3v) is 3.52. The van der Waals surface area contributed by atoms with Crippen LogP contribution in [0.25, 0.3) is 22.3 Å². The molecule has 0 spiro atoms. The number of aromatic nitrogens is 2. The highest BCUT2D eigenvalue weighted by molar-refractivity contribution is 5.98. The zero-order chi connectivity index (χ0) is 16.1. The van der Waals surface area contributed by atoms with Gasteiger partial charge < -0.3 is 4.74 Å². The van der Waals surface area contributed by atoms with Crippen molar-refractivity contribution in [3.05, 3.63) is 72.8 Å². The van der Waals surface area contributed by atoms with Gasteiger partial charge in [0, 0.05) is 24.8 Å². The lowest BCUT2D eigenvalue weighted by Crippen LogP contribution is -2.07. The van der Waals surface area contributed by atoms with Crippen molar-refractivity contribution in [2.24, 2.45) is 0 Å². The summed E-state index contributed by atoms with van der Waals surface area (Å²) in [5, 5.41) is 0. The van der Waals surface area contributed by atoms with Gasteiger partial charge in [-0.3, -0.25) is 9.97 Å². The Morgan fingerprint density at radius 1 is 0.870 bits per heavy atom. The maximum absolute atomic E-state index is 12.4. The van der Waals surface area contributed by atoms with E-state index >= 15 is 0 Å². The Balaban J connectivity index is 2.12. The van der Waals surface area contributed by atoms with E-state index in [-0.39, 0.29) is 5.97 Å². The minimum atomic E-state index is -0.324. The molecule has 0 aliphatic heterocycles. The van der Waals surface area contributed by atoms with E-state index < -0.39 is 0 Å². The summed E-state index contributed by atoms with van der Waals surface area (Å²) in [6.45, 7) is 2.14. The van der Waals surface area contributed by atoms with Gasteiger partial charge in [-0.15, -0.1) is 0 Å². The van der Waals surface area contributed by atoms with E-state index in [0.29, 0.717) is 12.2 Å². The first-order valence-corrected chi connectivity index (χ1v) is 7.41. The minimum absolute atomic E-state index is 0.324. The number of carbonyl (C=O) groups excluding carboxylic acids is 1. The summed E-state index contributed by atoms with van der Waals surface area (Å²) in [7, 11) is 0. The quantitative estimate of drug-likeness (QED) is 0.684. The first-order chi connectivity index (χ1) is 11.3. The summed E-state index contributed by atoms with van der Waals surface area (Å²) in [5.41, 5.74) is 4.28. The van der Waals surface area contributed by atoms with Crippen molar-refractivity contribution in [3.8, 4) is 22.3 Å². The van der Waals surface area contributed by atoms with Crippen LogP contribution in [0.4, 0.5) is 0 Å². The van der Waals surface area contributed by atoms with Gasteiger partial charge in [-0.05, 0) is 59.5 Å². The molecule has 1 aromatic carbocycles. The lowest BCUT2D eigenvalue weighted by molar-refractivity contribution is 0.0527.